The lowest BCUT2D eigenvalue weighted by Gasteiger charge is -2.09. The third-order valence-electron chi connectivity index (χ3n) is 2.55. The van der Waals surface area contributed by atoms with Crippen molar-refractivity contribution in [2.75, 3.05) is 5.73 Å². The fraction of sp³-hybridized carbons (Fsp3) is 0.214. The second kappa shape index (κ2) is 4.87. The summed E-state index contributed by atoms with van der Waals surface area (Å²) < 4.78 is 5.74. The first kappa shape index (κ1) is 11.5. The highest BCUT2D eigenvalue weighted by Crippen LogP contribution is 2.20. The van der Waals surface area contributed by atoms with Crippen molar-refractivity contribution in [1.82, 2.24) is 4.98 Å². The first-order chi connectivity index (χ1) is 8.15. The summed E-state index contributed by atoms with van der Waals surface area (Å²) >= 11 is 0. The Hall–Kier alpha value is -2.03. The highest BCUT2D eigenvalue weighted by atomic mass is 16.5. The Morgan fingerprint density at radius 1 is 1.18 bits per heavy atom. The van der Waals surface area contributed by atoms with Crippen LogP contribution in [0, 0.1) is 13.8 Å². The summed E-state index contributed by atoms with van der Waals surface area (Å²) in [5, 5.41) is 0. The molecule has 17 heavy (non-hydrogen) atoms. The average molecular weight is 228 g/mol. The molecule has 2 rings (SSSR count). The van der Waals surface area contributed by atoms with Crippen LogP contribution in [0.1, 0.15) is 16.8 Å². The molecule has 0 bridgehead atoms. The Morgan fingerprint density at radius 3 is 2.76 bits per heavy atom. The molecule has 88 valence electrons. The van der Waals surface area contributed by atoms with Crippen LogP contribution < -0.4 is 10.5 Å². The number of aromatic nitrogens is 1. The van der Waals surface area contributed by atoms with E-state index in [1.165, 1.54) is 5.56 Å². The lowest BCUT2D eigenvalue weighted by Crippen LogP contribution is -2.01. The van der Waals surface area contributed by atoms with Crippen molar-refractivity contribution < 1.29 is 4.74 Å². The van der Waals surface area contributed by atoms with Crippen LogP contribution in [-0.4, -0.2) is 4.98 Å². The van der Waals surface area contributed by atoms with Gasteiger partial charge >= 0.3 is 0 Å². The van der Waals surface area contributed by atoms with E-state index >= 15 is 0 Å². The number of hydrogen-bond donors (Lipinski definition) is 1. The molecule has 0 saturated carbocycles. The van der Waals surface area contributed by atoms with Crippen molar-refractivity contribution in [3.8, 4) is 5.75 Å². The summed E-state index contributed by atoms with van der Waals surface area (Å²) in [6.07, 6.45) is 0. The third-order valence-corrected chi connectivity index (χ3v) is 2.55. The molecule has 1 aromatic carbocycles. The number of rotatable bonds is 3. The van der Waals surface area contributed by atoms with Gasteiger partial charge in [0.2, 0.25) is 0 Å². The number of anilines is 1. The maximum Gasteiger partial charge on any atom is 0.130 e. The lowest BCUT2D eigenvalue weighted by molar-refractivity contribution is 0.299. The number of nitrogen functional groups attached to an aromatic ring is 1. The van der Waals surface area contributed by atoms with Gasteiger partial charge in [0.15, 0.2) is 0 Å². The van der Waals surface area contributed by atoms with Crippen molar-refractivity contribution >= 4 is 5.82 Å². The molecule has 2 N–H and O–H groups in total. The monoisotopic (exact) mass is 228 g/mol. The van der Waals surface area contributed by atoms with E-state index < -0.39 is 0 Å². The minimum Gasteiger partial charge on any atom is -0.487 e. The highest BCUT2D eigenvalue weighted by Gasteiger charge is 2.01. The molecule has 0 spiro atoms. The Kier molecular flexibility index (Phi) is 3.28. The van der Waals surface area contributed by atoms with E-state index in [2.05, 4.69) is 17.1 Å². The number of ether oxygens (including phenoxy) is 1. The first-order valence-corrected chi connectivity index (χ1v) is 5.56. The molecule has 0 radical (unpaired) electrons. The van der Waals surface area contributed by atoms with Gasteiger partial charge in [0, 0.05) is 0 Å². The summed E-state index contributed by atoms with van der Waals surface area (Å²) in [6.45, 7) is 4.52. The number of benzene rings is 1. The standard InChI is InChI=1S/C14H16N2O/c1-10-6-7-11(2)13(8-10)17-9-12-4-3-5-14(15)16-12/h3-8H,9H2,1-2H3,(H2,15,16). The molecule has 0 amide bonds. The zero-order valence-electron chi connectivity index (χ0n) is 10.1. The maximum atomic E-state index is 5.74. The van der Waals surface area contributed by atoms with Gasteiger partial charge in [0.1, 0.15) is 18.2 Å². The maximum absolute atomic E-state index is 5.74. The molecular weight excluding hydrogens is 212 g/mol. The third kappa shape index (κ3) is 2.97. The molecule has 0 aliphatic carbocycles. The summed E-state index contributed by atoms with van der Waals surface area (Å²) in [5.74, 6) is 1.42. The molecular formula is C14H16N2O. The molecule has 3 nitrogen and oxygen atoms in total. The minimum absolute atomic E-state index is 0.440. The van der Waals surface area contributed by atoms with Gasteiger partial charge in [-0.05, 0) is 43.2 Å². The van der Waals surface area contributed by atoms with Gasteiger partial charge in [0.25, 0.3) is 0 Å². The zero-order chi connectivity index (χ0) is 12.3. The largest absolute Gasteiger partial charge is 0.487 e. The predicted molar refractivity (Wildman–Crippen MR) is 68.9 cm³/mol. The van der Waals surface area contributed by atoms with Gasteiger partial charge in [-0.15, -0.1) is 0 Å². The SMILES string of the molecule is Cc1ccc(C)c(OCc2cccc(N)n2)c1. The van der Waals surface area contributed by atoms with Gasteiger partial charge < -0.3 is 10.5 Å². The van der Waals surface area contributed by atoms with E-state index in [0.29, 0.717) is 12.4 Å². The van der Waals surface area contributed by atoms with E-state index in [4.69, 9.17) is 10.5 Å². The molecule has 1 heterocycles. The number of aryl methyl sites for hydroxylation is 2. The molecule has 2 aromatic rings. The van der Waals surface area contributed by atoms with E-state index in [9.17, 15) is 0 Å². The van der Waals surface area contributed by atoms with Gasteiger partial charge in [-0.25, -0.2) is 4.98 Å². The Morgan fingerprint density at radius 2 is 2.00 bits per heavy atom. The Labute approximate surface area is 101 Å². The van der Waals surface area contributed by atoms with Crippen LogP contribution in [0.3, 0.4) is 0 Å². The lowest BCUT2D eigenvalue weighted by atomic mass is 10.1. The fourth-order valence-electron chi connectivity index (χ4n) is 1.59. The van der Waals surface area contributed by atoms with Crippen LogP contribution in [0.15, 0.2) is 36.4 Å². The van der Waals surface area contributed by atoms with Gasteiger partial charge in [-0.2, -0.15) is 0 Å². The molecule has 0 unspecified atom stereocenters. The number of pyridine rings is 1. The Balaban J connectivity index is 2.09. The fourth-order valence-corrected chi connectivity index (χ4v) is 1.59. The number of hydrogen-bond acceptors (Lipinski definition) is 3. The summed E-state index contributed by atoms with van der Waals surface area (Å²) in [5.41, 5.74) is 8.76. The van der Waals surface area contributed by atoms with Crippen molar-refractivity contribution in [2.45, 2.75) is 20.5 Å². The van der Waals surface area contributed by atoms with E-state index in [1.54, 1.807) is 6.07 Å². The number of nitrogens with zero attached hydrogens (tertiary/aromatic N) is 1. The molecule has 0 aliphatic heterocycles. The molecule has 3 heteroatoms. The van der Waals surface area contributed by atoms with Crippen LogP contribution in [0.25, 0.3) is 0 Å². The van der Waals surface area contributed by atoms with Gasteiger partial charge in [0.05, 0.1) is 5.69 Å². The average Bonchev–Trinajstić information content (AvgIpc) is 2.30. The second-order valence-electron chi connectivity index (χ2n) is 4.11. The molecule has 0 fully saturated rings. The summed E-state index contributed by atoms with van der Waals surface area (Å²) in [7, 11) is 0. The predicted octanol–water partition coefficient (Wildman–Crippen LogP) is 2.86. The quantitative estimate of drug-likeness (QED) is 0.878. The second-order valence-corrected chi connectivity index (χ2v) is 4.11. The first-order valence-electron chi connectivity index (χ1n) is 5.56. The molecule has 1 aromatic heterocycles. The minimum atomic E-state index is 0.440. The van der Waals surface area contributed by atoms with Gasteiger partial charge in [-0.3, -0.25) is 0 Å². The van der Waals surface area contributed by atoms with Crippen LogP contribution >= 0.6 is 0 Å². The van der Waals surface area contributed by atoms with Crippen molar-refractivity contribution in [3.63, 3.8) is 0 Å². The van der Waals surface area contributed by atoms with Crippen molar-refractivity contribution in [3.05, 3.63) is 53.2 Å². The molecule has 0 atom stereocenters. The molecule has 0 aliphatic rings. The Bertz CT molecular complexity index is 523. The van der Waals surface area contributed by atoms with Crippen LogP contribution in [0.5, 0.6) is 5.75 Å². The van der Waals surface area contributed by atoms with E-state index in [-0.39, 0.29) is 0 Å². The zero-order valence-corrected chi connectivity index (χ0v) is 10.1. The van der Waals surface area contributed by atoms with E-state index in [1.807, 2.05) is 32.0 Å². The van der Waals surface area contributed by atoms with Crippen LogP contribution in [0.4, 0.5) is 5.82 Å². The van der Waals surface area contributed by atoms with E-state index in [0.717, 1.165) is 17.0 Å². The van der Waals surface area contributed by atoms with Crippen LogP contribution in [0.2, 0.25) is 0 Å². The highest BCUT2D eigenvalue weighted by molar-refractivity contribution is 5.36. The van der Waals surface area contributed by atoms with Crippen LogP contribution in [-0.2, 0) is 6.61 Å². The molecule has 0 saturated heterocycles. The van der Waals surface area contributed by atoms with Crippen molar-refractivity contribution in [1.29, 1.82) is 0 Å². The smallest absolute Gasteiger partial charge is 0.130 e. The van der Waals surface area contributed by atoms with Crippen molar-refractivity contribution in [2.24, 2.45) is 0 Å². The number of nitrogens with two attached hydrogens (primary N) is 1. The summed E-state index contributed by atoms with van der Waals surface area (Å²) in [4.78, 5) is 4.19. The topological polar surface area (TPSA) is 48.1 Å². The van der Waals surface area contributed by atoms with Gasteiger partial charge in [-0.1, -0.05) is 18.2 Å². The normalized spacial score (nSPS) is 10.2. The summed E-state index contributed by atoms with van der Waals surface area (Å²) in [6, 6.07) is 11.7.